The molecule has 6 nitrogen and oxygen atoms in total. The van der Waals surface area contributed by atoms with E-state index in [0.29, 0.717) is 25.6 Å². The maximum Gasteiger partial charge on any atom is 0.287 e. The van der Waals surface area contributed by atoms with E-state index in [1.165, 1.54) is 0 Å². The monoisotopic (exact) mass is 445 g/mol. The lowest BCUT2D eigenvalue weighted by Gasteiger charge is -2.40. The number of hydrogen-bond donors (Lipinski definition) is 1. The summed E-state index contributed by atoms with van der Waals surface area (Å²) in [6.07, 6.45) is -0.874. The third-order valence-electron chi connectivity index (χ3n) is 5.21. The molecule has 170 valence electrons. The van der Waals surface area contributed by atoms with Crippen LogP contribution in [-0.4, -0.2) is 24.7 Å². The van der Waals surface area contributed by atoms with Gasteiger partial charge in [-0.3, -0.25) is 4.79 Å². The molecule has 3 aromatic carbocycles. The number of hydrogen-bond acceptors (Lipinski definition) is 5. The first-order valence-corrected chi connectivity index (χ1v) is 10.9. The summed E-state index contributed by atoms with van der Waals surface area (Å²) in [5.74, 6) is -0.406. The lowest BCUT2D eigenvalue weighted by atomic mass is 10.0. The fourth-order valence-electron chi connectivity index (χ4n) is 3.50. The van der Waals surface area contributed by atoms with Crippen molar-refractivity contribution in [2.75, 3.05) is 6.61 Å². The Hall–Kier alpha value is -3.61. The molecule has 0 spiro atoms. The Labute approximate surface area is 193 Å². The largest absolute Gasteiger partial charge is 0.482 e. The summed E-state index contributed by atoms with van der Waals surface area (Å²) in [4.78, 5) is 12.2. The molecule has 2 N–H and O–H groups in total. The molecule has 1 aliphatic heterocycles. The van der Waals surface area contributed by atoms with Crippen LogP contribution in [0.4, 0.5) is 0 Å². The number of primary amides is 1. The molecule has 4 rings (SSSR count). The fraction of sp³-hybridized carbons (Fsp3) is 0.222. The van der Waals surface area contributed by atoms with Crippen LogP contribution >= 0.6 is 0 Å². The molecule has 0 aliphatic carbocycles. The minimum atomic E-state index is -0.696. The number of carbonyl (C=O) groups is 1. The summed E-state index contributed by atoms with van der Waals surface area (Å²) in [7, 11) is 0. The van der Waals surface area contributed by atoms with Gasteiger partial charge in [0.1, 0.15) is 6.61 Å². The molecule has 3 aromatic rings. The summed E-state index contributed by atoms with van der Waals surface area (Å²) in [5, 5.41) is 0. The quantitative estimate of drug-likeness (QED) is 0.355. The number of carbonyl (C=O) groups excluding carboxylic acids is 1. The molecule has 2 atom stereocenters. The van der Waals surface area contributed by atoms with Gasteiger partial charge in [-0.2, -0.15) is 0 Å². The number of rotatable bonds is 11. The number of benzene rings is 3. The molecule has 1 fully saturated rings. The maximum atomic E-state index is 12.2. The number of ether oxygens (including phenoxy) is 4. The van der Waals surface area contributed by atoms with E-state index in [-0.39, 0.29) is 18.5 Å². The Balaban J connectivity index is 1.44. The van der Waals surface area contributed by atoms with E-state index in [1.54, 1.807) is 0 Å². The van der Waals surface area contributed by atoms with Gasteiger partial charge >= 0.3 is 0 Å². The van der Waals surface area contributed by atoms with E-state index < -0.39 is 12.0 Å². The Morgan fingerprint density at radius 2 is 1.27 bits per heavy atom. The zero-order chi connectivity index (χ0) is 22.9. The molecular formula is C27H27NO5. The zero-order valence-electron chi connectivity index (χ0n) is 18.3. The topological polar surface area (TPSA) is 80.0 Å². The van der Waals surface area contributed by atoms with E-state index >= 15 is 0 Å². The second-order valence-corrected chi connectivity index (χ2v) is 7.71. The maximum absolute atomic E-state index is 12.2. The molecule has 0 bridgehead atoms. The van der Waals surface area contributed by atoms with Crippen molar-refractivity contribution in [1.29, 1.82) is 0 Å². The van der Waals surface area contributed by atoms with Crippen LogP contribution in [0.1, 0.15) is 16.7 Å². The number of nitrogens with two attached hydrogens (primary N) is 1. The molecule has 1 aliphatic rings. The van der Waals surface area contributed by atoms with Crippen LogP contribution < -0.4 is 5.73 Å². The van der Waals surface area contributed by atoms with Crippen LogP contribution in [-0.2, 0) is 43.6 Å². The van der Waals surface area contributed by atoms with Crippen LogP contribution in [0.15, 0.2) is 103 Å². The Kier molecular flexibility index (Phi) is 7.74. The van der Waals surface area contributed by atoms with Gasteiger partial charge in [0.25, 0.3) is 5.91 Å². The second-order valence-electron chi connectivity index (χ2n) is 7.71. The van der Waals surface area contributed by atoms with Gasteiger partial charge in [0.05, 0.1) is 19.8 Å². The third kappa shape index (κ3) is 6.22. The minimum absolute atomic E-state index is 0.0174. The molecule has 33 heavy (non-hydrogen) atoms. The van der Waals surface area contributed by atoms with Gasteiger partial charge in [0.2, 0.25) is 5.76 Å². The van der Waals surface area contributed by atoms with Gasteiger partial charge in [-0.25, -0.2) is 0 Å². The van der Waals surface area contributed by atoms with E-state index in [0.717, 1.165) is 16.7 Å². The minimum Gasteiger partial charge on any atom is -0.482 e. The summed E-state index contributed by atoms with van der Waals surface area (Å²) in [6, 6.07) is 29.2. The van der Waals surface area contributed by atoms with E-state index in [1.807, 2.05) is 91.0 Å². The van der Waals surface area contributed by atoms with Crippen LogP contribution in [0.5, 0.6) is 0 Å². The van der Waals surface area contributed by atoms with Gasteiger partial charge in [-0.15, -0.1) is 0 Å². The molecule has 1 heterocycles. The van der Waals surface area contributed by atoms with Crippen molar-refractivity contribution in [3.63, 3.8) is 0 Å². The van der Waals surface area contributed by atoms with Gasteiger partial charge < -0.3 is 24.7 Å². The second kappa shape index (κ2) is 11.3. The average Bonchev–Trinajstić information content (AvgIpc) is 2.84. The van der Waals surface area contributed by atoms with Gasteiger partial charge in [0, 0.05) is 0 Å². The third-order valence-corrected chi connectivity index (χ3v) is 5.21. The van der Waals surface area contributed by atoms with Crippen LogP contribution in [0.3, 0.4) is 0 Å². The van der Waals surface area contributed by atoms with Gasteiger partial charge in [-0.05, 0) is 16.7 Å². The van der Waals surface area contributed by atoms with Crippen molar-refractivity contribution < 1.29 is 23.7 Å². The van der Waals surface area contributed by atoms with E-state index in [4.69, 9.17) is 24.7 Å². The van der Waals surface area contributed by atoms with Crippen molar-refractivity contribution in [3.8, 4) is 0 Å². The molecule has 0 unspecified atom stereocenters. The SMILES string of the molecule is NC(=O)/C(OCc1ccccc1)=C1/O[C@H](COCc2ccccc2)[C@H]1OCc1ccccc1. The molecule has 1 amide bonds. The van der Waals surface area contributed by atoms with Crippen LogP contribution in [0.25, 0.3) is 0 Å². The molecule has 0 saturated carbocycles. The average molecular weight is 446 g/mol. The summed E-state index contributed by atoms with van der Waals surface area (Å²) in [6.45, 7) is 1.33. The lowest BCUT2D eigenvalue weighted by Crippen LogP contribution is -2.49. The van der Waals surface area contributed by atoms with Crippen LogP contribution in [0.2, 0.25) is 0 Å². The predicted octanol–water partition coefficient (Wildman–Crippen LogP) is 4.10. The first-order valence-electron chi connectivity index (χ1n) is 10.9. The number of amides is 1. The molecule has 0 radical (unpaired) electrons. The summed E-state index contributed by atoms with van der Waals surface area (Å²) < 4.78 is 23.6. The van der Waals surface area contributed by atoms with Crippen molar-refractivity contribution in [1.82, 2.24) is 0 Å². The van der Waals surface area contributed by atoms with Crippen LogP contribution in [0, 0.1) is 0 Å². The highest BCUT2D eigenvalue weighted by atomic mass is 16.6. The molecular weight excluding hydrogens is 418 g/mol. The standard InChI is InChI=1S/C27H27NO5/c28-27(29)26(32-18-22-14-8-3-9-15-22)25-24(31-17-21-12-6-2-7-13-21)23(33-25)19-30-16-20-10-4-1-5-11-20/h1-15,23-24H,16-19H2,(H2,28,29)/b26-25-/t23-,24-/m1/s1. The Morgan fingerprint density at radius 3 is 1.82 bits per heavy atom. The first-order chi connectivity index (χ1) is 16.2. The Bertz CT molecular complexity index is 1050. The van der Waals surface area contributed by atoms with Crippen molar-refractivity contribution in [2.24, 2.45) is 5.73 Å². The zero-order valence-corrected chi connectivity index (χ0v) is 18.3. The van der Waals surface area contributed by atoms with E-state index in [9.17, 15) is 4.79 Å². The lowest BCUT2D eigenvalue weighted by molar-refractivity contribution is -0.170. The smallest absolute Gasteiger partial charge is 0.287 e. The highest BCUT2D eigenvalue weighted by Crippen LogP contribution is 2.33. The van der Waals surface area contributed by atoms with Crippen molar-refractivity contribution in [2.45, 2.75) is 32.0 Å². The summed E-state index contributed by atoms with van der Waals surface area (Å²) in [5.41, 5.74) is 8.61. The highest BCUT2D eigenvalue weighted by Gasteiger charge is 2.44. The van der Waals surface area contributed by atoms with E-state index in [2.05, 4.69) is 0 Å². The van der Waals surface area contributed by atoms with Crippen molar-refractivity contribution in [3.05, 3.63) is 119 Å². The van der Waals surface area contributed by atoms with Gasteiger partial charge in [-0.1, -0.05) is 91.0 Å². The molecule has 6 heteroatoms. The highest BCUT2D eigenvalue weighted by molar-refractivity contribution is 5.90. The normalized spacial score (nSPS) is 18.7. The fourth-order valence-corrected chi connectivity index (χ4v) is 3.50. The Morgan fingerprint density at radius 1 is 0.758 bits per heavy atom. The first kappa shape index (κ1) is 22.6. The van der Waals surface area contributed by atoms with Gasteiger partial charge in [0.15, 0.2) is 18.0 Å². The molecule has 0 aromatic heterocycles. The predicted molar refractivity (Wildman–Crippen MR) is 123 cm³/mol. The summed E-state index contributed by atoms with van der Waals surface area (Å²) >= 11 is 0. The molecule has 1 saturated heterocycles. The van der Waals surface area contributed by atoms with Crippen molar-refractivity contribution >= 4 is 5.91 Å².